The summed E-state index contributed by atoms with van der Waals surface area (Å²) in [6.07, 6.45) is 3.48. The molecular formula is C17H22O2S. The minimum absolute atomic E-state index is 0.403. The van der Waals surface area contributed by atoms with Gasteiger partial charge in [0.1, 0.15) is 5.75 Å². The van der Waals surface area contributed by atoms with Crippen LogP contribution in [0.25, 0.3) is 0 Å². The maximum absolute atomic E-state index is 10.2. The maximum Gasteiger partial charge on any atom is 0.119 e. The number of hydrogen-bond acceptors (Lipinski definition) is 3. The van der Waals surface area contributed by atoms with Crippen LogP contribution in [-0.4, -0.2) is 11.7 Å². The normalized spacial score (nSPS) is 12.3. The van der Waals surface area contributed by atoms with E-state index in [-0.39, 0.29) is 0 Å². The van der Waals surface area contributed by atoms with Gasteiger partial charge in [0.2, 0.25) is 0 Å². The van der Waals surface area contributed by atoms with Gasteiger partial charge < -0.3 is 9.84 Å². The Bertz CT molecular complexity index is 476. The van der Waals surface area contributed by atoms with Crippen molar-refractivity contribution in [2.24, 2.45) is 0 Å². The molecule has 0 saturated carbocycles. The van der Waals surface area contributed by atoms with Crippen LogP contribution in [0.2, 0.25) is 0 Å². The number of unbranched alkanes of at least 4 members (excludes halogenated alkanes) is 1. The number of rotatable bonds is 8. The van der Waals surface area contributed by atoms with E-state index < -0.39 is 6.10 Å². The van der Waals surface area contributed by atoms with Gasteiger partial charge in [-0.3, -0.25) is 0 Å². The maximum atomic E-state index is 10.2. The van der Waals surface area contributed by atoms with Crippen molar-refractivity contribution in [1.82, 2.24) is 0 Å². The molecule has 0 amide bonds. The zero-order valence-corrected chi connectivity index (χ0v) is 12.7. The Labute approximate surface area is 125 Å². The number of aryl methyl sites for hydroxylation is 1. The lowest BCUT2D eigenvalue weighted by Crippen LogP contribution is -2.00. The van der Waals surface area contributed by atoms with Crippen molar-refractivity contribution in [2.45, 2.75) is 38.7 Å². The predicted molar refractivity (Wildman–Crippen MR) is 84.4 cm³/mol. The standard InChI is InChI=1S/C17H22O2S/c1-2-3-11-19-16-7-5-15(6-8-16)17(18)9-4-14-10-12-20-13-14/h5-8,10,12-13,17-18H,2-4,9,11H2,1H3. The first kappa shape index (κ1) is 15.1. The molecule has 1 aromatic carbocycles. The minimum atomic E-state index is -0.403. The van der Waals surface area contributed by atoms with Crippen LogP contribution in [0.4, 0.5) is 0 Å². The molecule has 0 saturated heterocycles. The van der Waals surface area contributed by atoms with E-state index in [4.69, 9.17) is 4.74 Å². The van der Waals surface area contributed by atoms with Crippen LogP contribution in [-0.2, 0) is 6.42 Å². The molecule has 108 valence electrons. The predicted octanol–water partition coefficient (Wildman–Crippen LogP) is 4.59. The van der Waals surface area contributed by atoms with Crippen LogP contribution in [0, 0.1) is 0 Å². The van der Waals surface area contributed by atoms with Crippen molar-refractivity contribution in [1.29, 1.82) is 0 Å². The largest absolute Gasteiger partial charge is 0.494 e. The number of hydrogen-bond donors (Lipinski definition) is 1. The van der Waals surface area contributed by atoms with E-state index in [2.05, 4.69) is 23.8 Å². The molecule has 3 heteroatoms. The van der Waals surface area contributed by atoms with Gasteiger partial charge in [0, 0.05) is 0 Å². The SMILES string of the molecule is CCCCOc1ccc(C(O)CCc2ccsc2)cc1. The fourth-order valence-electron chi connectivity index (χ4n) is 2.03. The molecule has 2 rings (SSSR count). The summed E-state index contributed by atoms with van der Waals surface area (Å²) < 4.78 is 5.62. The monoisotopic (exact) mass is 290 g/mol. The molecule has 0 spiro atoms. The van der Waals surface area contributed by atoms with Crippen molar-refractivity contribution < 1.29 is 9.84 Å². The average molecular weight is 290 g/mol. The van der Waals surface area contributed by atoms with Gasteiger partial charge in [-0.05, 0) is 59.3 Å². The first-order valence-electron chi connectivity index (χ1n) is 7.21. The van der Waals surface area contributed by atoms with E-state index >= 15 is 0 Å². The molecule has 1 unspecified atom stereocenters. The Morgan fingerprint density at radius 3 is 2.65 bits per heavy atom. The number of aliphatic hydroxyl groups is 1. The van der Waals surface area contributed by atoms with Crippen LogP contribution < -0.4 is 4.74 Å². The number of thiophene rings is 1. The van der Waals surface area contributed by atoms with E-state index in [9.17, 15) is 5.11 Å². The minimum Gasteiger partial charge on any atom is -0.494 e. The highest BCUT2D eigenvalue weighted by atomic mass is 32.1. The zero-order valence-electron chi connectivity index (χ0n) is 11.9. The number of benzene rings is 1. The zero-order chi connectivity index (χ0) is 14.2. The molecule has 1 N–H and O–H groups in total. The summed E-state index contributed by atoms with van der Waals surface area (Å²) >= 11 is 1.70. The summed E-state index contributed by atoms with van der Waals surface area (Å²) in [4.78, 5) is 0. The average Bonchev–Trinajstić information content (AvgIpc) is 2.99. The molecule has 1 heterocycles. The van der Waals surface area contributed by atoms with E-state index in [0.717, 1.165) is 43.6 Å². The van der Waals surface area contributed by atoms with E-state index in [0.29, 0.717) is 0 Å². The Balaban J connectivity index is 1.82. The summed E-state index contributed by atoms with van der Waals surface area (Å²) in [6, 6.07) is 9.92. The van der Waals surface area contributed by atoms with Gasteiger partial charge in [-0.1, -0.05) is 25.5 Å². The van der Waals surface area contributed by atoms with Crippen molar-refractivity contribution in [2.75, 3.05) is 6.61 Å². The van der Waals surface area contributed by atoms with Crippen molar-refractivity contribution in [3.05, 3.63) is 52.2 Å². The fraction of sp³-hybridized carbons (Fsp3) is 0.412. The molecule has 0 aliphatic rings. The Kier molecular flexibility index (Phi) is 6.09. The second kappa shape index (κ2) is 8.08. The highest BCUT2D eigenvalue weighted by Gasteiger charge is 2.08. The quantitative estimate of drug-likeness (QED) is 0.720. The van der Waals surface area contributed by atoms with Gasteiger partial charge in [-0.2, -0.15) is 11.3 Å². The third kappa shape index (κ3) is 4.66. The molecule has 0 bridgehead atoms. The molecule has 0 aliphatic heterocycles. The lowest BCUT2D eigenvalue weighted by molar-refractivity contribution is 0.167. The van der Waals surface area contributed by atoms with Crippen LogP contribution in [0.5, 0.6) is 5.75 Å². The Hall–Kier alpha value is -1.32. The number of aliphatic hydroxyl groups excluding tert-OH is 1. The van der Waals surface area contributed by atoms with Gasteiger partial charge >= 0.3 is 0 Å². The second-order valence-electron chi connectivity index (χ2n) is 4.96. The molecule has 0 aliphatic carbocycles. The first-order valence-corrected chi connectivity index (χ1v) is 8.15. The Morgan fingerprint density at radius 1 is 1.20 bits per heavy atom. The lowest BCUT2D eigenvalue weighted by atomic mass is 10.0. The fourth-order valence-corrected chi connectivity index (χ4v) is 2.73. The summed E-state index contributed by atoms with van der Waals surface area (Å²) in [7, 11) is 0. The highest BCUT2D eigenvalue weighted by molar-refractivity contribution is 7.07. The first-order chi connectivity index (χ1) is 9.79. The third-order valence-corrected chi connectivity index (χ3v) is 4.05. The topological polar surface area (TPSA) is 29.5 Å². The smallest absolute Gasteiger partial charge is 0.119 e. The molecular weight excluding hydrogens is 268 g/mol. The van der Waals surface area contributed by atoms with Crippen LogP contribution in [0.1, 0.15) is 43.4 Å². The van der Waals surface area contributed by atoms with Gasteiger partial charge in [0.05, 0.1) is 12.7 Å². The van der Waals surface area contributed by atoms with E-state index in [1.54, 1.807) is 11.3 Å². The molecule has 0 fully saturated rings. The molecule has 0 radical (unpaired) electrons. The number of ether oxygens (including phenoxy) is 1. The van der Waals surface area contributed by atoms with Crippen molar-refractivity contribution in [3.63, 3.8) is 0 Å². The van der Waals surface area contributed by atoms with Gasteiger partial charge in [-0.25, -0.2) is 0 Å². The van der Waals surface area contributed by atoms with Crippen LogP contribution in [0.15, 0.2) is 41.1 Å². The van der Waals surface area contributed by atoms with Crippen molar-refractivity contribution in [3.8, 4) is 5.75 Å². The van der Waals surface area contributed by atoms with E-state index in [1.807, 2.05) is 24.3 Å². The summed E-state index contributed by atoms with van der Waals surface area (Å²) in [5.74, 6) is 0.882. The van der Waals surface area contributed by atoms with Crippen LogP contribution >= 0.6 is 11.3 Å². The molecule has 2 nitrogen and oxygen atoms in total. The molecule has 1 aromatic heterocycles. The lowest BCUT2D eigenvalue weighted by Gasteiger charge is -2.11. The molecule has 1 atom stereocenters. The highest BCUT2D eigenvalue weighted by Crippen LogP contribution is 2.22. The molecule has 2 aromatic rings. The Morgan fingerprint density at radius 2 is 2.00 bits per heavy atom. The van der Waals surface area contributed by atoms with Crippen LogP contribution in [0.3, 0.4) is 0 Å². The molecule has 20 heavy (non-hydrogen) atoms. The summed E-state index contributed by atoms with van der Waals surface area (Å²) in [5.41, 5.74) is 2.26. The summed E-state index contributed by atoms with van der Waals surface area (Å²) in [6.45, 7) is 2.91. The van der Waals surface area contributed by atoms with Crippen molar-refractivity contribution >= 4 is 11.3 Å². The van der Waals surface area contributed by atoms with Gasteiger partial charge in [-0.15, -0.1) is 0 Å². The van der Waals surface area contributed by atoms with Gasteiger partial charge in [0.25, 0.3) is 0 Å². The van der Waals surface area contributed by atoms with E-state index in [1.165, 1.54) is 5.56 Å². The second-order valence-corrected chi connectivity index (χ2v) is 5.74. The van der Waals surface area contributed by atoms with Gasteiger partial charge in [0.15, 0.2) is 0 Å². The summed E-state index contributed by atoms with van der Waals surface area (Å²) in [5, 5.41) is 14.4. The third-order valence-electron chi connectivity index (χ3n) is 3.32.